The molecule has 0 aromatic heterocycles. The predicted molar refractivity (Wildman–Crippen MR) is 115 cm³/mol. The normalized spacial score (nSPS) is 12.7. The maximum Gasteiger partial charge on any atom is 0.338 e. The summed E-state index contributed by atoms with van der Waals surface area (Å²) >= 11 is 12.1. The number of imide groups is 1. The summed E-state index contributed by atoms with van der Waals surface area (Å²) in [6.45, 7) is -0.571. The van der Waals surface area contributed by atoms with Crippen molar-refractivity contribution in [3.8, 4) is 0 Å². The third-order valence-corrected chi connectivity index (χ3v) is 5.60. The lowest BCUT2D eigenvalue weighted by Gasteiger charge is -2.15. The van der Waals surface area contributed by atoms with Gasteiger partial charge >= 0.3 is 5.97 Å². The number of fused-ring (bicyclic) bond motifs is 1. The van der Waals surface area contributed by atoms with Crippen LogP contribution >= 0.6 is 23.2 Å². The van der Waals surface area contributed by atoms with Gasteiger partial charge in [-0.15, -0.1) is 0 Å². The number of hydrogen-bond acceptors (Lipinski definition) is 5. The van der Waals surface area contributed by atoms with Crippen LogP contribution in [0.1, 0.15) is 41.4 Å². The number of benzene rings is 3. The van der Waals surface area contributed by atoms with Gasteiger partial charge in [-0.05, 0) is 54.6 Å². The van der Waals surface area contributed by atoms with E-state index in [1.54, 1.807) is 6.07 Å². The molecule has 6 nitrogen and oxygen atoms in total. The van der Waals surface area contributed by atoms with Crippen LogP contribution in [0.3, 0.4) is 0 Å². The number of ether oxygens (including phenoxy) is 1. The largest absolute Gasteiger partial charge is 0.454 e. The van der Waals surface area contributed by atoms with Gasteiger partial charge in [0, 0.05) is 5.56 Å². The zero-order chi connectivity index (χ0) is 23.0. The first-order valence-corrected chi connectivity index (χ1v) is 9.96. The number of hydrogen-bond donors (Lipinski definition) is 0. The number of rotatable bonds is 5. The molecule has 0 unspecified atom stereocenters. The summed E-state index contributed by atoms with van der Waals surface area (Å²) in [7, 11) is 0. The van der Waals surface area contributed by atoms with E-state index >= 15 is 0 Å². The summed E-state index contributed by atoms with van der Waals surface area (Å²) in [5, 5.41) is 0.221. The second-order valence-electron chi connectivity index (χ2n) is 6.79. The van der Waals surface area contributed by atoms with Crippen LogP contribution in [0.25, 0.3) is 0 Å². The van der Waals surface area contributed by atoms with Crippen molar-refractivity contribution in [2.45, 2.75) is 0 Å². The SMILES string of the molecule is O=C(COC(=O)c1ccc2c(c1)C(=O)N(c1cccc(Cl)c1Cl)C2=O)c1ccc(F)cc1. The fourth-order valence-corrected chi connectivity index (χ4v) is 3.57. The van der Waals surface area contributed by atoms with Gasteiger partial charge < -0.3 is 4.74 Å². The molecule has 3 aromatic rings. The molecular weight excluding hydrogens is 460 g/mol. The van der Waals surface area contributed by atoms with E-state index in [-0.39, 0.29) is 38.0 Å². The Bertz CT molecular complexity index is 1290. The van der Waals surface area contributed by atoms with Crippen LogP contribution in [0, 0.1) is 5.82 Å². The molecule has 2 amide bonds. The summed E-state index contributed by atoms with van der Waals surface area (Å²) < 4.78 is 18.0. The van der Waals surface area contributed by atoms with E-state index < -0.39 is 36.0 Å². The average molecular weight is 472 g/mol. The Morgan fingerprint density at radius 3 is 2.25 bits per heavy atom. The number of amides is 2. The van der Waals surface area contributed by atoms with Gasteiger partial charge in [0.25, 0.3) is 11.8 Å². The lowest BCUT2D eigenvalue weighted by Crippen LogP contribution is -2.29. The molecular formula is C23H12Cl2FNO5. The number of anilines is 1. The molecule has 0 fully saturated rings. The summed E-state index contributed by atoms with van der Waals surface area (Å²) in [4.78, 5) is 51.0. The summed E-state index contributed by atoms with van der Waals surface area (Å²) in [5.74, 6) is -3.16. The van der Waals surface area contributed by atoms with Crippen molar-refractivity contribution >= 4 is 52.5 Å². The molecule has 1 heterocycles. The Kier molecular flexibility index (Phi) is 5.78. The van der Waals surface area contributed by atoms with Crippen molar-refractivity contribution in [1.29, 1.82) is 0 Å². The monoisotopic (exact) mass is 471 g/mol. The molecule has 0 atom stereocenters. The average Bonchev–Trinajstić information content (AvgIpc) is 3.04. The van der Waals surface area contributed by atoms with E-state index in [0.717, 1.165) is 17.0 Å². The summed E-state index contributed by atoms with van der Waals surface area (Å²) in [6, 6.07) is 13.2. The first-order chi connectivity index (χ1) is 15.3. The molecule has 3 aromatic carbocycles. The summed E-state index contributed by atoms with van der Waals surface area (Å²) in [5.41, 5.74) is 0.369. The highest BCUT2D eigenvalue weighted by molar-refractivity contribution is 6.46. The number of carbonyl (C=O) groups excluding carboxylic acids is 4. The Morgan fingerprint density at radius 2 is 1.53 bits per heavy atom. The van der Waals surface area contributed by atoms with E-state index in [1.165, 1.54) is 42.5 Å². The third-order valence-electron chi connectivity index (χ3n) is 4.79. The topological polar surface area (TPSA) is 80.8 Å². The maximum absolute atomic E-state index is 13.0. The molecule has 0 spiro atoms. The first kappa shape index (κ1) is 21.7. The fourth-order valence-electron chi connectivity index (χ4n) is 3.19. The quantitative estimate of drug-likeness (QED) is 0.298. The van der Waals surface area contributed by atoms with Crippen LogP contribution in [-0.4, -0.2) is 30.2 Å². The number of nitrogens with zero attached hydrogens (tertiary/aromatic N) is 1. The van der Waals surface area contributed by atoms with Gasteiger partial charge in [0.1, 0.15) is 5.82 Å². The van der Waals surface area contributed by atoms with Crippen LogP contribution < -0.4 is 4.90 Å². The Labute approximate surface area is 191 Å². The minimum Gasteiger partial charge on any atom is -0.454 e. The molecule has 32 heavy (non-hydrogen) atoms. The zero-order valence-electron chi connectivity index (χ0n) is 16.1. The molecule has 0 N–H and O–H groups in total. The highest BCUT2D eigenvalue weighted by Gasteiger charge is 2.38. The highest BCUT2D eigenvalue weighted by Crippen LogP contribution is 2.37. The second-order valence-corrected chi connectivity index (χ2v) is 7.57. The number of Topliss-reactive ketones (excluding diaryl/α,β-unsaturated/α-hetero) is 1. The third kappa shape index (κ3) is 3.88. The molecule has 1 aliphatic rings. The van der Waals surface area contributed by atoms with Gasteiger partial charge in [-0.25, -0.2) is 14.1 Å². The number of ketones is 1. The van der Waals surface area contributed by atoms with Crippen molar-refractivity contribution in [2.75, 3.05) is 11.5 Å². The number of halogens is 3. The van der Waals surface area contributed by atoms with Crippen molar-refractivity contribution in [3.63, 3.8) is 0 Å². The van der Waals surface area contributed by atoms with E-state index in [4.69, 9.17) is 27.9 Å². The van der Waals surface area contributed by atoms with Gasteiger partial charge in [0.15, 0.2) is 12.4 Å². The molecule has 9 heteroatoms. The van der Waals surface area contributed by atoms with E-state index in [2.05, 4.69) is 0 Å². The minimum atomic E-state index is -0.859. The van der Waals surface area contributed by atoms with Crippen molar-refractivity contribution in [2.24, 2.45) is 0 Å². The molecule has 0 bridgehead atoms. The van der Waals surface area contributed by atoms with Crippen LogP contribution in [0.5, 0.6) is 0 Å². The van der Waals surface area contributed by atoms with Gasteiger partial charge in [-0.1, -0.05) is 29.3 Å². The first-order valence-electron chi connectivity index (χ1n) is 9.20. The van der Waals surface area contributed by atoms with Crippen molar-refractivity contribution < 1.29 is 28.3 Å². The molecule has 0 radical (unpaired) electrons. The van der Waals surface area contributed by atoms with Crippen LogP contribution in [0.2, 0.25) is 10.0 Å². The molecule has 0 saturated carbocycles. The smallest absolute Gasteiger partial charge is 0.338 e. The number of carbonyl (C=O) groups is 4. The van der Waals surface area contributed by atoms with Crippen LogP contribution in [0.15, 0.2) is 60.7 Å². The molecule has 0 saturated heterocycles. The minimum absolute atomic E-state index is 0.00893. The van der Waals surface area contributed by atoms with E-state index in [9.17, 15) is 23.6 Å². The maximum atomic E-state index is 13.0. The Morgan fingerprint density at radius 1 is 0.875 bits per heavy atom. The van der Waals surface area contributed by atoms with Crippen LogP contribution in [-0.2, 0) is 4.74 Å². The zero-order valence-corrected chi connectivity index (χ0v) is 17.6. The number of esters is 1. The Balaban J connectivity index is 1.53. The van der Waals surface area contributed by atoms with E-state index in [1.807, 2.05) is 0 Å². The summed E-state index contributed by atoms with van der Waals surface area (Å²) in [6.07, 6.45) is 0. The second kappa shape index (κ2) is 8.53. The van der Waals surface area contributed by atoms with Gasteiger partial charge in [-0.3, -0.25) is 14.4 Å². The lowest BCUT2D eigenvalue weighted by molar-refractivity contribution is 0.0474. The van der Waals surface area contributed by atoms with Gasteiger partial charge in [-0.2, -0.15) is 0 Å². The molecule has 1 aliphatic heterocycles. The van der Waals surface area contributed by atoms with Gasteiger partial charge in [0.2, 0.25) is 0 Å². The van der Waals surface area contributed by atoms with E-state index in [0.29, 0.717) is 0 Å². The predicted octanol–water partition coefficient (Wildman–Crippen LogP) is 4.97. The molecule has 4 rings (SSSR count). The highest BCUT2D eigenvalue weighted by atomic mass is 35.5. The van der Waals surface area contributed by atoms with Gasteiger partial charge in [0.05, 0.1) is 32.4 Å². The standard InChI is InChI=1S/C23H12Cl2FNO5/c24-17-2-1-3-18(20(17)25)27-21(29)15-9-6-13(10-16(15)22(27)30)23(31)32-11-19(28)12-4-7-14(26)8-5-12/h1-10H,11H2. The van der Waals surface area contributed by atoms with Crippen molar-refractivity contribution in [1.82, 2.24) is 0 Å². The van der Waals surface area contributed by atoms with Crippen molar-refractivity contribution in [3.05, 3.63) is 98.8 Å². The molecule has 0 aliphatic carbocycles. The molecule has 160 valence electrons. The Hall–Kier alpha value is -3.55. The fraction of sp³-hybridized carbons (Fsp3) is 0.0435. The van der Waals surface area contributed by atoms with Crippen LogP contribution in [0.4, 0.5) is 10.1 Å². The lowest BCUT2D eigenvalue weighted by atomic mass is 10.1.